The molecule has 0 aromatic carbocycles. The first kappa shape index (κ1) is 27.8. The van der Waals surface area contributed by atoms with E-state index in [1.807, 2.05) is 26.0 Å². The van der Waals surface area contributed by atoms with Crippen LogP contribution in [0.4, 0.5) is 0 Å². The Kier molecular flexibility index (Phi) is 11.0. The van der Waals surface area contributed by atoms with Crippen LogP contribution in [-0.2, 0) is 23.8 Å². The highest BCUT2D eigenvalue weighted by molar-refractivity contribution is 6.04. The van der Waals surface area contributed by atoms with Crippen LogP contribution in [0, 0.1) is 5.41 Å². The third kappa shape index (κ3) is 9.09. The van der Waals surface area contributed by atoms with Gasteiger partial charge in [-0.3, -0.25) is 4.79 Å². The quantitative estimate of drug-likeness (QED) is 0.274. The zero-order valence-corrected chi connectivity index (χ0v) is 21.0. The molecule has 1 aliphatic rings. The van der Waals surface area contributed by atoms with Crippen LogP contribution in [0.25, 0.3) is 0 Å². The Morgan fingerprint density at radius 2 is 1.81 bits per heavy atom. The van der Waals surface area contributed by atoms with Crippen LogP contribution in [0.1, 0.15) is 60.8 Å². The second kappa shape index (κ2) is 12.7. The molecule has 32 heavy (non-hydrogen) atoms. The topological polar surface area (TPSA) is 61.8 Å². The molecule has 1 aliphatic carbocycles. The van der Waals surface area contributed by atoms with Crippen molar-refractivity contribution in [3.8, 4) is 0 Å². The Balaban J connectivity index is 3.49. The van der Waals surface area contributed by atoms with Gasteiger partial charge in [0.2, 0.25) is 0 Å². The minimum atomic E-state index is -1.01. The number of hydrogen-bond acceptors (Lipinski definition) is 5. The fourth-order valence-corrected chi connectivity index (χ4v) is 3.38. The largest absolute Gasteiger partial charge is 0.452 e. The molecule has 0 aromatic rings. The Morgan fingerprint density at radius 1 is 1.12 bits per heavy atom. The number of allylic oxidation sites excluding steroid dienone is 6. The molecule has 3 atom stereocenters. The minimum Gasteiger partial charge on any atom is -0.452 e. The number of rotatable bonds is 8. The smallest absolute Gasteiger partial charge is 0.331 e. The normalized spacial score (nSPS) is 29.7. The minimum absolute atomic E-state index is 0.141. The molecule has 178 valence electrons. The van der Waals surface area contributed by atoms with E-state index >= 15 is 0 Å². The van der Waals surface area contributed by atoms with Crippen molar-refractivity contribution < 1.29 is 23.8 Å². The number of esters is 1. The highest BCUT2D eigenvalue weighted by Crippen LogP contribution is 2.33. The summed E-state index contributed by atoms with van der Waals surface area (Å²) in [4.78, 5) is 25.3. The lowest BCUT2D eigenvalue weighted by molar-refractivity contribution is -0.150. The molecule has 0 spiro atoms. The van der Waals surface area contributed by atoms with Crippen LogP contribution in [0.5, 0.6) is 0 Å². The molecule has 5 heteroatoms. The van der Waals surface area contributed by atoms with Crippen LogP contribution >= 0.6 is 0 Å². The molecule has 0 saturated heterocycles. The summed E-state index contributed by atoms with van der Waals surface area (Å²) in [5, 5.41) is 0. The average molecular weight is 445 g/mol. The lowest BCUT2D eigenvalue weighted by atomic mass is 9.80. The molecule has 0 amide bonds. The van der Waals surface area contributed by atoms with Crippen molar-refractivity contribution in [2.45, 2.75) is 72.5 Å². The second-order valence-electron chi connectivity index (χ2n) is 9.36. The highest BCUT2D eigenvalue weighted by Gasteiger charge is 2.35. The van der Waals surface area contributed by atoms with E-state index < -0.39 is 17.7 Å². The molecule has 0 saturated carbocycles. The van der Waals surface area contributed by atoms with E-state index in [1.165, 1.54) is 17.7 Å². The van der Waals surface area contributed by atoms with E-state index in [0.29, 0.717) is 12.0 Å². The molecule has 0 fully saturated rings. The van der Waals surface area contributed by atoms with E-state index in [-0.39, 0.29) is 17.8 Å². The first-order chi connectivity index (χ1) is 14.9. The van der Waals surface area contributed by atoms with Gasteiger partial charge in [0, 0.05) is 25.9 Å². The molecule has 0 bridgehead atoms. The SMILES string of the molecule is COC/C1=C/C[C@](C)(CCC=C(C)C)/C=C/[C@@H](OC(=O)C=C(C)C)[C@](C)(OC)/C=C/C1=O. The Hall–Kier alpha value is -2.24. The van der Waals surface area contributed by atoms with Gasteiger partial charge in [0.15, 0.2) is 11.9 Å². The van der Waals surface area contributed by atoms with Gasteiger partial charge in [-0.05, 0) is 77.5 Å². The zero-order chi connectivity index (χ0) is 24.4. The second-order valence-corrected chi connectivity index (χ2v) is 9.36. The van der Waals surface area contributed by atoms with Gasteiger partial charge in [-0.15, -0.1) is 0 Å². The molecule has 0 unspecified atom stereocenters. The van der Waals surface area contributed by atoms with Gasteiger partial charge >= 0.3 is 5.97 Å². The van der Waals surface area contributed by atoms with E-state index in [4.69, 9.17) is 14.2 Å². The summed E-state index contributed by atoms with van der Waals surface area (Å²) in [6.45, 7) is 12.0. The Morgan fingerprint density at radius 3 is 2.38 bits per heavy atom. The van der Waals surface area contributed by atoms with Crippen molar-refractivity contribution in [3.05, 3.63) is 59.3 Å². The third-order valence-electron chi connectivity index (χ3n) is 5.59. The molecule has 5 nitrogen and oxygen atoms in total. The summed E-state index contributed by atoms with van der Waals surface area (Å²) >= 11 is 0. The maximum atomic E-state index is 12.9. The summed E-state index contributed by atoms with van der Waals surface area (Å²) in [5.74, 6) is -0.583. The van der Waals surface area contributed by atoms with Crippen LogP contribution in [0.3, 0.4) is 0 Å². The number of carbonyl (C=O) groups excluding carboxylic acids is 2. The van der Waals surface area contributed by atoms with Crippen molar-refractivity contribution in [1.29, 1.82) is 0 Å². The number of ether oxygens (including phenoxy) is 3. The molecule has 0 N–H and O–H groups in total. The lowest BCUT2D eigenvalue weighted by Crippen LogP contribution is -2.41. The number of hydrogen-bond donors (Lipinski definition) is 0. The molecule has 0 radical (unpaired) electrons. The predicted molar refractivity (Wildman–Crippen MR) is 129 cm³/mol. The van der Waals surface area contributed by atoms with Crippen LogP contribution in [-0.4, -0.2) is 44.3 Å². The summed E-state index contributed by atoms with van der Waals surface area (Å²) < 4.78 is 16.8. The van der Waals surface area contributed by atoms with E-state index in [1.54, 1.807) is 27.2 Å². The van der Waals surface area contributed by atoms with Crippen LogP contribution < -0.4 is 0 Å². The van der Waals surface area contributed by atoms with Crippen LogP contribution in [0.15, 0.2) is 59.3 Å². The first-order valence-electron chi connectivity index (χ1n) is 11.1. The zero-order valence-electron chi connectivity index (χ0n) is 21.0. The molecule has 0 aliphatic heterocycles. The van der Waals surface area contributed by atoms with E-state index in [0.717, 1.165) is 18.4 Å². The van der Waals surface area contributed by atoms with Gasteiger partial charge in [-0.2, -0.15) is 0 Å². The van der Waals surface area contributed by atoms with Crippen molar-refractivity contribution in [1.82, 2.24) is 0 Å². The van der Waals surface area contributed by atoms with Gasteiger partial charge < -0.3 is 14.2 Å². The lowest BCUT2D eigenvalue weighted by Gasteiger charge is -2.32. The molecule has 1 rings (SSSR count). The predicted octanol–water partition coefficient (Wildman–Crippen LogP) is 5.68. The highest BCUT2D eigenvalue weighted by atomic mass is 16.6. The summed E-state index contributed by atoms with van der Waals surface area (Å²) in [7, 11) is 3.12. The molecular formula is C27H40O5. The van der Waals surface area contributed by atoms with Gasteiger partial charge in [0.25, 0.3) is 0 Å². The van der Waals surface area contributed by atoms with Gasteiger partial charge in [-0.25, -0.2) is 4.79 Å². The average Bonchev–Trinajstić information content (AvgIpc) is 2.72. The fourth-order valence-electron chi connectivity index (χ4n) is 3.38. The summed E-state index contributed by atoms with van der Waals surface area (Å²) in [5.41, 5.74) is 1.46. The van der Waals surface area contributed by atoms with E-state index in [2.05, 4.69) is 32.9 Å². The number of ketones is 1. The monoisotopic (exact) mass is 444 g/mol. The molecule has 0 heterocycles. The van der Waals surface area contributed by atoms with Crippen LogP contribution in [0.2, 0.25) is 0 Å². The van der Waals surface area contributed by atoms with Gasteiger partial charge in [-0.1, -0.05) is 36.3 Å². The van der Waals surface area contributed by atoms with Gasteiger partial charge in [0.05, 0.1) is 6.61 Å². The fraction of sp³-hybridized carbons (Fsp3) is 0.556. The number of carbonyl (C=O) groups is 2. The molecular weight excluding hydrogens is 404 g/mol. The third-order valence-corrected chi connectivity index (χ3v) is 5.59. The van der Waals surface area contributed by atoms with E-state index in [9.17, 15) is 9.59 Å². The summed E-state index contributed by atoms with van der Waals surface area (Å²) in [6, 6.07) is 0. The van der Waals surface area contributed by atoms with Crippen molar-refractivity contribution in [2.24, 2.45) is 5.41 Å². The standard InChI is InChI=1S/C27H40O5/c1-20(2)10-9-14-26(5)15-11-22(19-30-7)23(28)12-17-27(6,31-8)24(13-16-26)32-25(29)18-21(3)4/h10-13,16-18,24H,9,14-15,19H2,1-8H3/b16-13+,17-12+,22-11-/t24-,26+,27-/m1/s1. The van der Waals surface area contributed by atoms with Gasteiger partial charge in [0.1, 0.15) is 5.60 Å². The van der Waals surface area contributed by atoms with Crippen molar-refractivity contribution >= 4 is 11.8 Å². The maximum absolute atomic E-state index is 12.9. The molecule has 0 aromatic heterocycles. The van der Waals surface area contributed by atoms with Crippen molar-refractivity contribution in [2.75, 3.05) is 20.8 Å². The Bertz CT molecular complexity index is 806. The maximum Gasteiger partial charge on any atom is 0.331 e. The van der Waals surface area contributed by atoms with Crippen molar-refractivity contribution in [3.63, 3.8) is 0 Å². The number of methoxy groups -OCH3 is 2. The first-order valence-corrected chi connectivity index (χ1v) is 11.1. The Labute approximate surface area is 193 Å². The summed E-state index contributed by atoms with van der Waals surface area (Å²) in [6.07, 6.45) is 14.5.